The highest BCUT2D eigenvalue weighted by molar-refractivity contribution is 7.10. The fourth-order valence-corrected chi connectivity index (χ4v) is 3.39. The van der Waals surface area contributed by atoms with Gasteiger partial charge < -0.3 is 5.73 Å². The molecule has 16 heavy (non-hydrogen) atoms. The van der Waals surface area contributed by atoms with Crippen LogP contribution in [-0.2, 0) is 0 Å². The monoisotopic (exact) mass is 238 g/mol. The van der Waals surface area contributed by atoms with Crippen molar-refractivity contribution in [3.63, 3.8) is 0 Å². The molecule has 2 nitrogen and oxygen atoms in total. The van der Waals surface area contributed by atoms with E-state index in [1.165, 1.54) is 37.2 Å². The van der Waals surface area contributed by atoms with Gasteiger partial charge in [0, 0.05) is 10.9 Å². The number of nitrogens with zero attached hydrogens (tertiary/aromatic N) is 1. The standard InChI is InChI=1S/C13H22N2S/c1-11(13-3-2-10-16-13)15-8-5-12(4-7-14)6-9-15/h2-3,10-12H,4-9,14H2,1H3. The minimum atomic E-state index is 0.596. The molecule has 1 aliphatic heterocycles. The fraction of sp³-hybridized carbons (Fsp3) is 0.692. The van der Waals surface area contributed by atoms with Crippen molar-refractivity contribution in [3.8, 4) is 0 Å². The highest BCUT2D eigenvalue weighted by Gasteiger charge is 2.23. The molecule has 2 heterocycles. The zero-order chi connectivity index (χ0) is 11.4. The van der Waals surface area contributed by atoms with Crippen LogP contribution in [0.4, 0.5) is 0 Å². The third-order valence-corrected chi connectivity index (χ3v) is 4.77. The average Bonchev–Trinajstić information content (AvgIpc) is 2.83. The summed E-state index contributed by atoms with van der Waals surface area (Å²) in [6, 6.07) is 5.00. The first-order valence-corrected chi connectivity index (χ1v) is 7.16. The summed E-state index contributed by atoms with van der Waals surface area (Å²) in [5, 5.41) is 2.17. The smallest absolute Gasteiger partial charge is 0.0413 e. The average molecular weight is 238 g/mol. The first-order valence-electron chi connectivity index (χ1n) is 6.28. The second-order valence-electron chi connectivity index (χ2n) is 4.75. The molecule has 3 heteroatoms. The van der Waals surface area contributed by atoms with Crippen LogP contribution in [0.5, 0.6) is 0 Å². The van der Waals surface area contributed by atoms with E-state index in [1.807, 2.05) is 11.3 Å². The predicted molar refractivity (Wildman–Crippen MR) is 70.7 cm³/mol. The van der Waals surface area contributed by atoms with Crippen LogP contribution in [0.25, 0.3) is 0 Å². The van der Waals surface area contributed by atoms with Crippen molar-refractivity contribution in [3.05, 3.63) is 22.4 Å². The molecule has 1 aliphatic rings. The Balaban J connectivity index is 1.84. The van der Waals surface area contributed by atoms with Crippen LogP contribution in [0.1, 0.15) is 37.1 Å². The van der Waals surface area contributed by atoms with E-state index >= 15 is 0 Å². The molecule has 0 aliphatic carbocycles. The summed E-state index contributed by atoms with van der Waals surface area (Å²) in [4.78, 5) is 4.11. The number of hydrogen-bond acceptors (Lipinski definition) is 3. The maximum Gasteiger partial charge on any atom is 0.0413 e. The topological polar surface area (TPSA) is 29.3 Å². The third kappa shape index (κ3) is 2.84. The van der Waals surface area contributed by atoms with Crippen molar-refractivity contribution >= 4 is 11.3 Å². The number of hydrogen-bond donors (Lipinski definition) is 1. The molecular weight excluding hydrogens is 216 g/mol. The van der Waals surface area contributed by atoms with Crippen molar-refractivity contribution in [1.29, 1.82) is 0 Å². The van der Waals surface area contributed by atoms with Crippen molar-refractivity contribution in [2.24, 2.45) is 11.7 Å². The summed E-state index contributed by atoms with van der Waals surface area (Å²) in [6.07, 6.45) is 3.86. The Morgan fingerprint density at radius 1 is 1.50 bits per heavy atom. The molecule has 2 N–H and O–H groups in total. The Labute approximate surface area is 102 Å². The fourth-order valence-electron chi connectivity index (χ4n) is 2.57. The maximum atomic E-state index is 5.62. The zero-order valence-electron chi connectivity index (χ0n) is 10.1. The van der Waals surface area contributed by atoms with Gasteiger partial charge in [-0.3, -0.25) is 4.90 Å². The highest BCUT2D eigenvalue weighted by atomic mass is 32.1. The minimum absolute atomic E-state index is 0.596. The van der Waals surface area contributed by atoms with Crippen LogP contribution in [0, 0.1) is 5.92 Å². The van der Waals surface area contributed by atoms with Crippen molar-refractivity contribution in [1.82, 2.24) is 4.90 Å². The molecule has 1 unspecified atom stereocenters. The Hall–Kier alpha value is -0.380. The van der Waals surface area contributed by atoms with Crippen molar-refractivity contribution in [2.75, 3.05) is 19.6 Å². The molecule has 2 rings (SSSR count). The van der Waals surface area contributed by atoms with Gasteiger partial charge in [0.1, 0.15) is 0 Å². The lowest BCUT2D eigenvalue weighted by Crippen LogP contribution is -2.35. The molecular formula is C13H22N2S. The molecule has 1 aromatic rings. The lowest BCUT2D eigenvalue weighted by atomic mass is 9.93. The number of thiophene rings is 1. The molecule has 0 radical (unpaired) electrons. The first kappa shape index (κ1) is 12.1. The van der Waals surface area contributed by atoms with Gasteiger partial charge in [-0.1, -0.05) is 6.07 Å². The van der Waals surface area contributed by atoms with Gasteiger partial charge in [-0.25, -0.2) is 0 Å². The number of rotatable bonds is 4. The Morgan fingerprint density at radius 2 is 2.25 bits per heavy atom. The molecule has 0 spiro atoms. The number of likely N-dealkylation sites (tertiary alicyclic amines) is 1. The van der Waals surface area contributed by atoms with E-state index in [9.17, 15) is 0 Å². The molecule has 90 valence electrons. The van der Waals surface area contributed by atoms with Gasteiger partial charge in [0.25, 0.3) is 0 Å². The predicted octanol–water partition coefficient (Wildman–Crippen LogP) is 2.87. The van der Waals surface area contributed by atoms with Crippen molar-refractivity contribution < 1.29 is 0 Å². The summed E-state index contributed by atoms with van der Waals surface area (Å²) >= 11 is 1.87. The van der Waals surface area contributed by atoms with Gasteiger partial charge in [-0.2, -0.15) is 0 Å². The lowest BCUT2D eigenvalue weighted by molar-refractivity contribution is 0.140. The summed E-state index contributed by atoms with van der Waals surface area (Å²) < 4.78 is 0. The van der Waals surface area contributed by atoms with Gasteiger partial charge >= 0.3 is 0 Å². The quantitative estimate of drug-likeness (QED) is 0.874. The first-order chi connectivity index (χ1) is 7.81. The van der Waals surface area contributed by atoms with E-state index in [-0.39, 0.29) is 0 Å². The SMILES string of the molecule is CC(c1cccs1)N1CCC(CCN)CC1. The normalized spacial score (nSPS) is 21.1. The van der Waals surface area contributed by atoms with Crippen LogP contribution in [-0.4, -0.2) is 24.5 Å². The van der Waals surface area contributed by atoms with E-state index in [0.29, 0.717) is 6.04 Å². The molecule has 0 aromatic carbocycles. The molecule has 1 fully saturated rings. The molecule has 0 bridgehead atoms. The molecule has 0 saturated carbocycles. The highest BCUT2D eigenvalue weighted by Crippen LogP contribution is 2.29. The lowest BCUT2D eigenvalue weighted by Gasteiger charge is -2.35. The van der Waals surface area contributed by atoms with E-state index in [2.05, 4.69) is 29.3 Å². The van der Waals surface area contributed by atoms with Crippen LogP contribution >= 0.6 is 11.3 Å². The van der Waals surface area contributed by atoms with E-state index < -0.39 is 0 Å². The Bertz CT molecular complexity index is 289. The van der Waals surface area contributed by atoms with E-state index in [1.54, 1.807) is 0 Å². The maximum absolute atomic E-state index is 5.62. The second-order valence-corrected chi connectivity index (χ2v) is 5.73. The molecule has 1 aromatic heterocycles. The van der Waals surface area contributed by atoms with Gasteiger partial charge in [0.15, 0.2) is 0 Å². The number of piperidine rings is 1. The van der Waals surface area contributed by atoms with Crippen molar-refractivity contribution in [2.45, 2.75) is 32.2 Å². The van der Waals surface area contributed by atoms with Gasteiger partial charge in [0.2, 0.25) is 0 Å². The Morgan fingerprint density at radius 3 is 2.81 bits per heavy atom. The largest absolute Gasteiger partial charge is 0.330 e. The van der Waals surface area contributed by atoms with Gasteiger partial charge in [-0.05, 0) is 63.2 Å². The van der Waals surface area contributed by atoms with Crippen LogP contribution in [0.2, 0.25) is 0 Å². The zero-order valence-corrected chi connectivity index (χ0v) is 10.9. The molecule has 1 atom stereocenters. The van der Waals surface area contributed by atoms with Gasteiger partial charge in [-0.15, -0.1) is 11.3 Å². The van der Waals surface area contributed by atoms with Crippen LogP contribution in [0.15, 0.2) is 17.5 Å². The number of nitrogens with two attached hydrogens (primary N) is 1. The summed E-state index contributed by atoms with van der Waals surface area (Å²) in [5.74, 6) is 0.872. The molecule has 0 amide bonds. The summed E-state index contributed by atoms with van der Waals surface area (Å²) in [7, 11) is 0. The minimum Gasteiger partial charge on any atom is -0.330 e. The summed E-state index contributed by atoms with van der Waals surface area (Å²) in [5.41, 5.74) is 5.62. The Kier molecular flexibility index (Phi) is 4.38. The second kappa shape index (κ2) is 5.80. The summed E-state index contributed by atoms with van der Waals surface area (Å²) in [6.45, 7) is 5.66. The van der Waals surface area contributed by atoms with Crippen LogP contribution in [0.3, 0.4) is 0 Å². The third-order valence-electron chi connectivity index (χ3n) is 3.73. The van der Waals surface area contributed by atoms with E-state index in [4.69, 9.17) is 5.73 Å². The van der Waals surface area contributed by atoms with Crippen LogP contribution < -0.4 is 5.73 Å². The van der Waals surface area contributed by atoms with E-state index in [0.717, 1.165) is 12.5 Å². The molecule has 1 saturated heterocycles. The van der Waals surface area contributed by atoms with Gasteiger partial charge in [0.05, 0.1) is 0 Å².